The summed E-state index contributed by atoms with van der Waals surface area (Å²) in [5.41, 5.74) is 1.27. The summed E-state index contributed by atoms with van der Waals surface area (Å²) in [6, 6.07) is 9.14. The van der Waals surface area contributed by atoms with Gasteiger partial charge in [0, 0.05) is 72.4 Å². The molecule has 3 aromatic rings. The second-order valence-corrected chi connectivity index (χ2v) is 11.3. The van der Waals surface area contributed by atoms with Crippen LogP contribution in [0.4, 0.5) is 13.2 Å². The molecule has 9 heteroatoms. The van der Waals surface area contributed by atoms with E-state index < -0.39 is 29.1 Å². The van der Waals surface area contributed by atoms with Crippen molar-refractivity contribution in [3.63, 3.8) is 0 Å². The number of hydrogen-bond acceptors (Lipinski definition) is 4. The number of rotatable bonds is 9. The van der Waals surface area contributed by atoms with Crippen molar-refractivity contribution >= 4 is 16.9 Å². The Balaban J connectivity index is 1.49. The normalized spacial score (nSPS) is 20.9. The fourth-order valence-corrected chi connectivity index (χ4v) is 5.74. The van der Waals surface area contributed by atoms with E-state index in [9.17, 15) is 14.3 Å². The topological polar surface area (TPSA) is 68.8 Å². The van der Waals surface area contributed by atoms with Crippen LogP contribution in [0.2, 0.25) is 0 Å². The highest BCUT2D eigenvalue weighted by Crippen LogP contribution is 2.44. The van der Waals surface area contributed by atoms with Crippen molar-refractivity contribution in [1.29, 1.82) is 0 Å². The molecule has 1 saturated heterocycles. The second kappa shape index (κ2) is 10.3. The van der Waals surface area contributed by atoms with Gasteiger partial charge in [-0.2, -0.15) is 0 Å². The molecular formula is C29H34F3N3O3. The van der Waals surface area contributed by atoms with Crippen molar-refractivity contribution in [2.75, 3.05) is 39.5 Å². The number of nitrogens with one attached hydrogen (secondary N) is 1. The number of fused-ring (bicyclic) bond motifs is 3. The molecule has 5 rings (SSSR count). The van der Waals surface area contributed by atoms with Gasteiger partial charge in [-0.1, -0.05) is 18.2 Å². The van der Waals surface area contributed by atoms with E-state index >= 15 is 8.78 Å². The molecule has 2 N–H and O–H groups in total. The number of carboxylic acids is 1. The van der Waals surface area contributed by atoms with Crippen LogP contribution in [0.5, 0.6) is 5.75 Å². The third kappa shape index (κ3) is 4.89. The lowest BCUT2D eigenvalue weighted by Crippen LogP contribution is -2.49. The smallest absolute Gasteiger partial charge is 0.310 e. The van der Waals surface area contributed by atoms with Crippen molar-refractivity contribution in [1.82, 2.24) is 14.8 Å². The van der Waals surface area contributed by atoms with Crippen molar-refractivity contribution in [3.8, 4) is 5.75 Å². The summed E-state index contributed by atoms with van der Waals surface area (Å²) in [5, 5.41) is 10.8. The molecule has 2 aliphatic heterocycles. The molecule has 1 aromatic heterocycles. The number of aromatic nitrogens is 1. The summed E-state index contributed by atoms with van der Waals surface area (Å²) in [6.45, 7) is 7.10. The van der Waals surface area contributed by atoms with Crippen LogP contribution in [-0.2, 0) is 11.2 Å². The zero-order valence-electron chi connectivity index (χ0n) is 21.9. The molecule has 0 spiro atoms. The molecule has 1 fully saturated rings. The number of carbonyl (C=O) groups is 1. The first-order chi connectivity index (χ1) is 18.1. The summed E-state index contributed by atoms with van der Waals surface area (Å²) < 4.78 is 49.8. The number of nitrogens with zero attached hydrogens (tertiary/aromatic N) is 2. The summed E-state index contributed by atoms with van der Waals surface area (Å²) in [4.78, 5) is 19.3. The highest BCUT2D eigenvalue weighted by molar-refractivity contribution is 5.85. The summed E-state index contributed by atoms with van der Waals surface area (Å²) >= 11 is 0. The lowest BCUT2D eigenvalue weighted by molar-refractivity contribution is -0.148. The van der Waals surface area contributed by atoms with Crippen molar-refractivity contribution in [3.05, 3.63) is 64.9 Å². The molecule has 0 aliphatic carbocycles. The van der Waals surface area contributed by atoms with Gasteiger partial charge >= 0.3 is 5.97 Å². The van der Waals surface area contributed by atoms with E-state index in [1.165, 1.54) is 12.1 Å². The van der Waals surface area contributed by atoms with Crippen molar-refractivity contribution in [2.45, 2.75) is 39.3 Å². The van der Waals surface area contributed by atoms with Crippen LogP contribution in [0.15, 0.2) is 36.4 Å². The predicted octanol–water partition coefficient (Wildman–Crippen LogP) is 5.17. The number of carboxylic acid groups (broad SMARTS) is 1. The molecule has 2 aromatic carbocycles. The minimum Gasteiger partial charge on any atom is -0.492 e. The number of aromatic amines is 1. The van der Waals surface area contributed by atoms with Crippen LogP contribution in [-0.4, -0.2) is 71.4 Å². The molecule has 6 nitrogen and oxygen atoms in total. The number of hydrogen-bond donors (Lipinski definition) is 2. The van der Waals surface area contributed by atoms with Crippen LogP contribution in [0.25, 0.3) is 10.9 Å². The molecule has 3 heterocycles. The van der Waals surface area contributed by atoms with Gasteiger partial charge in [-0.25, -0.2) is 8.78 Å². The number of likely N-dealkylation sites (tertiary alicyclic amines) is 1. The Bertz CT molecular complexity index is 1310. The zero-order chi connectivity index (χ0) is 27.2. The molecule has 2 atom stereocenters. The summed E-state index contributed by atoms with van der Waals surface area (Å²) in [7, 11) is 0. The number of benzene rings is 2. The minimum absolute atomic E-state index is 0.0608. The Kier molecular flexibility index (Phi) is 7.17. The SMILES string of the molecule is C[C@@H]1Cc2c([nH]c3ccccc23)[C@@H](c2c(F)cc(OCCN3CC(CF)C3)cc2F)N1CC(C)(C)C(=O)O. The monoisotopic (exact) mass is 529 g/mol. The Morgan fingerprint density at radius 2 is 1.87 bits per heavy atom. The molecule has 0 bridgehead atoms. The Morgan fingerprint density at radius 1 is 1.18 bits per heavy atom. The van der Waals surface area contributed by atoms with Crippen molar-refractivity contribution in [2.24, 2.45) is 11.3 Å². The number of ether oxygens (including phenoxy) is 1. The van der Waals surface area contributed by atoms with Crippen LogP contribution in [0.1, 0.15) is 43.6 Å². The third-order valence-corrected chi connectivity index (χ3v) is 7.93. The van der Waals surface area contributed by atoms with Gasteiger partial charge in [-0.3, -0.25) is 19.0 Å². The number of halogens is 3. The van der Waals surface area contributed by atoms with E-state index in [2.05, 4.69) is 4.98 Å². The maximum absolute atomic E-state index is 15.8. The quantitative estimate of drug-likeness (QED) is 0.400. The average molecular weight is 530 g/mol. The number of para-hydroxylation sites is 1. The van der Waals surface area contributed by atoms with E-state index in [0.717, 1.165) is 16.5 Å². The van der Waals surface area contributed by atoms with E-state index in [4.69, 9.17) is 4.74 Å². The third-order valence-electron chi connectivity index (χ3n) is 7.93. The highest BCUT2D eigenvalue weighted by atomic mass is 19.1. The van der Waals surface area contributed by atoms with E-state index in [1.807, 2.05) is 41.0 Å². The molecule has 38 heavy (non-hydrogen) atoms. The van der Waals surface area contributed by atoms with Gasteiger partial charge in [0.1, 0.15) is 24.0 Å². The molecule has 0 amide bonds. The molecule has 0 saturated carbocycles. The first-order valence-electron chi connectivity index (χ1n) is 13.1. The molecule has 0 radical (unpaired) electrons. The van der Waals surface area contributed by atoms with Gasteiger partial charge in [0.25, 0.3) is 0 Å². The van der Waals surface area contributed by atoms with E-state index in [1.54, 1.807) is 13.8 Å². The average Bonchev–Trinajstić information content (AvgIpc) is 3.19. The second-order valence-electron chi connectivity index (χ2n) is 11.3. The van der Waals surface area contributed by atoms with Crippen LogP contribution < -0.4 is 4.74 Å². The molecule has 0 unspecified atom stereocenters. The fourth-order valence-electron chi connectivity index (χ4n) is 5.74. The van der Waals surface area contributed by atoms with Crippen LogP contribution in [0.3, 0.4) is 0 Å². The Labute approximate surface area is 220 Å². The van der Waals surface area contributed by atoms with Gasteiger partial charge in [0.2, 0.25) is 0 Å². The summed E-state index contributed by atoms with van der Waals surface area (Å²) in [6.07, 6.45) is 0.621. The predicted molar refractivity (Wildman–Crippen MR) is 139 cm³/mol. The molecular weight excluding hydrogens is 495 g/mol. The molecule has 2 aliphatic rings. The maximum atomic E-state index is 15.8. The van der Waals surface area contributed by atoms with E-state index in [-0.39, 0.29) is 43.1 Å². The summed E-state index contributed by atoms with van der Waals surface area (Å²) in [5.74, 6) is -2.32. The number of aliphatic carboxylic acids is 1. The first-order valence-corrected chi connectivity index (χ1v) is 13.1. The van der Waals surface area contributed by atoms with E-state index in [0.29, 0.717) is 31.7 Å². The Hall–Kier alpha value is -3.04. The van der Waals surface area contributed by atoms with Gasteiger partial charge in [0.05, 0.1) is 18.1 Å². The van der Waals surface area contributed by atoms with Gasteiger partial charge in [-0.05, 0) is 38.8 Å². The highest BCUT2D eigenvalue weighted by Gasteiger charge is 2.42. The lowest BCUT2D eigenvalue weighted by atomic mass is 9.84. The Morgan fingerprint density at radius 3 is 2.53 bits per heavy atom. The lowest BCUT2D eigenvalue weighted by Gasteiger charge is -2.43. The van der Waals surface area contributed by atoms with Crippen molar-refractivity contribution < 1.29 is 27.8 Å². The van der Waals surface area contributed by atoms with Gasteiger partial charge in [0.15, 0.2) is 0 Å². The van der Waals surface area contributed by atoms with Crippen LogP contribution >= 0.6 is 0 Å². The van der Waals surface area contributed by atoms with Gasteiger partial charge in [-0.15, -0.1) is 0 Å². The largest absolute Gasteiger partial charge is 0.492 e. The maximum Gasteiger partial charge on any atom is 0.310 e. The van der Waals surface area contributed by atoms with Crippen LogP contribution in [0, 0.1) is 23.0 Å². The first kappa shape index (κ1) is 26.6. The van der Waals surface area contributed by atoms with Gasteiger partial charge < -0.3 is 14.8 Å². The molecule has 204 valence electrons. The minimum atomic E-state index is -1.13. The zero-order valence-corrected chi connectivity index (χ0v) is 21.9. The fraction of sp³-hybridized carbons (Fsp3) is 0.483. The number of alkyl halides is 1. The number of H-pyrrole nitrogens is 1. The standard InChI is InChI=1S/C29H34F3N3O3/c1-17-10-21-20-6-4-5-7-24(20)33-26(21)27(35(17)16-29(2,3)28(36)37)25-22(31)11-19(12-23(25)32)38-9-8-34-14-18(13-30)15-34/h4-7,11-12,17-18,27,33H,8-10,13-16H2,1-3H3,(H,36,37)/t17-,27-/m1/s1.